The summed E-state index contributed by atoms with van der Waals surface area (Å²) >= 11 is 7.41. The van der Waals surface area contributed by atoms with Crippen LogP contribution in [-0.4, -0.2) is 17.1 Å². The molecule has 98 valence electrons. The molecule has 4 nitrogen and oxygen atoms in total. The Bertz CT molecular complexity index is 706. The number of ether oxygens (including phenoxy) is 1. The van der Waals surface area contributed by atoms with Gasteiger partial charge in [-0.1, -0.05) is 11.6 Å². The molecule has 0 radical (unpaired) electrons. The molecule has 0 N–H and O–H groups in total. The topological polar surface area (TPSA) is 55.0 Å². The van der Waals surface area contributed by atoms with Crippen molar-refractivity contribution in [2.45, 2.75) is 25.3 Å². The minimum atomic E-state index is -0.603. The maximum absolute atomic E-state index is 12.0. The zero-order chi connectivity index (χ0) is 13.6. The van der Waals surface area contributed by atoms with Crippen molar-refractivity contribution in [3.8, 4) is 6.07 Å². The summed E-state index contributed by atoms with van der Waals surface area (Å²) in [5, 5.41) is 9.38. The average Bonchev–Trinajstić information content (AvgIpc) is 2.96. The fraction of sp³-hybridized carbons (Fsp3) is 0.385. The summed E-state index contributed by atoms with van der Waals surface area (Å²) < 4.78 is 8.43. The van der Waals surface area contributed by atoms with E-state index < -0.39 is 5.54 Å². The first-order chi connectivity index (χ1) is 9.11. The van der Waals surface area contributed by atoms with Gasteiger partial charge in [0.2, 0.25) is 0 Å². The lowest BCUT2D eigenvalue weighted by atomic mass is 10.3. The molecular weight excluding hydrogens is 284 g/mol. The molecule has 0 unspecified atom stereocenters. The van der Waals surface area contributed by atoms with Gasteiger partial charge in [-0.15, -0.1) is 11.3 Å². The molecule has 3 rings (SSSR count). The predicted molar refractivity (Wildman–Crippen MR) is 73.6 cm³/mol. The zero-order valence-corrected chi connectivity index (χ0v) is 11.8. The van der Waals surface area contributed by atoms with Gasteiger partial charge in [-0.3, -0.25) is 0 Å². The van der Waals surface area contributed by atoms with Crippen molar-refractivity contribution in [3.05, 3.63) is 22.2 Å². The first kappa shape index (κ1) is 12.5. The van der Waals surface area contributed by atoms with Crippen molar-refractivity contribution < 1.29 is 9.53 Å². The van der Waals surface area contributed by atoms with E-state index in [-0.39, 0.29) is 5.97 Å². The Balaban J connectivity index is 2.22. The predicted octanol–water partition coefficient (Wildman–Crippen LogP) is 3.55. The molecule has 0 aliphatic heterocycles. The molecule has 1 aliphatic rings. The van der Waals surface area contributed by atoms with Crippen molar-refractivity contribution in [2.24, 2.45) is 0 Å². The summed E-state index contributed by atoms with van der Waals surface area (Å²) in [6.07, 6.45) is 1.51. The highest BCUT2D eigenvalue weighted by Crippen LogP contribution is 2.47. The molecule has 1 fully saturated rings. The van der Waals surface area contributed by atoms with Gasteiger partial charge in [0.05, 0.1) is 27.2 Å². The number of esters is 1. The lowest BCUT2D eigenvalue weighted by Crippen LogP contribution is -2.21. The van der Waals surface area contributed by atoms with E-state index >= 15 is 0 Å². The quantitative estimate of drug-likeness (QED) is 0.814. The largest absolute Gasteiger partial charge is 0.461 e. The van der Waals surface area contributed by atoms with Gasteiger partial charge in [-0.05, 0) is 31.9 Å². The Labute approximate surface area is 119 Å². The number of rotatable bonds is 3. The second-order valence-electron chi connectivity index (χ2n) is 4.53. The molecule has 0 atom stereocenters. The van der Waals surface area contributed by atoms with Gasteiger partial charge in [0.1, 0.15) is 11.2 Å². The number of carbonyl (C=O) groups excluding carboxylic acids is 1. The lowest BCUT2D eigenvalue weighted by Gasteiger charge is -2.13. The van der Waals surface area contributed by atoms with Crippen molar-refractivity contribution in [1.29, 1.82) is 5.26 Å². The van der Waals surface area contributed by atoms with E-state index in [2.05, 4.69) is 6.07 Å². The molecule has 0 aromatic carbocycles. The van der Waals surface area contributed by atoms with Crippen molar-refractivity contribution in [3.63, 3.8) is 0 Å². The normalized spacial score (nSPS) is 16.3. The number of carbonyl (C=O) groups is 1. The molecule has 0 spiro atoms. The summed E-state index contributed by atoms with van der Waals surface area (Å²) in [4.78, 5) is 12.0. The minimum Gasteiger partial charge on any atom is -0.461 e. The van der Waals surface area contributed by atoms with E-state index in [4.69, 9.17) is 16.3 Å². The molecule has 6 heteroatoms. The van der Waals surface area contributed by atoms with Crippen LogP contribution in [0.25, 0.3) is 10.2 Å². The van der Waals surface area contributed by atoms with Crippen LogP contribution in [0.2, 0.25) is 4.34 Å². The third-order valence-electron chi connectivity index (χ3n) is 3.30. The second kappa shape index (κ2) is 4.26. The Morgan fingerprint density at radius 1 is 1.63 bits per heavy atom. The number of hydrogen-bond acceptors (Lipinski definition) is 4. The maximum atomic E-state index is 12.0. The SMILES string of the molecule is CCOC(=O)c1cc2sc(Cl)cc2n1C1(C#N)CC1. The number of nitriles is 1. The number of fused-ring (bicyclic) bond motifs is 1. The molecule has 2 aromatic rings. The van der Waals surface area contributed by atoms with E-state index in [0.717, 1.165) is 23.1 Å². The van der Waals surface area contributed by atoms with Crippen LogP contribution in [0.1, 0.15) is 30.3 Å². The van der Waals surface area contributed by atoms with E-state index in [1.165, 1.54) is 11.3 Å². The molecule has 0 saturated heterocycles. The average molecular weight is 295 g/mol. The summed E-state index contributed by atoms with van der Waals surface area (Å²) in [6, 6.07) is 5.88. The number of hydrogen-bond donors (Lipinski definition) is 0. The van der Waals surface area contributed by atoms with Crippen LogP contribution < -0.4 is 0 Å². The lowest BCUT2D eigenvalue weighted by molar-refractivity contribution is 0.0512. The van der Waals surface area contributed by atoms with Crippen LogP contribution in [-0.2, 0) is 10.3 Å². The maximum Gasteiger partial charge on any atom is 0.355 e. The Hall–Kier alpha value is -1.51. The third kappa shape index (κ3) is 1.83. The van der Waals surface area contributed by atoms with Gasteiger partial charge in [-0.25, -0.2) is 4.79 Å². The van der Waals surface area contributed by atoms with Gasteiger partial charge in [0.15, 0.2) is 0 Å². The molecule has 0 bridgehead atoms. The summed E-state index contributed by atoms with van der Waals surface area (Å²) in [5.74, 6) is -0.386. The highest BCUT2D eigenvalue weighted by Gasteiger charge is 2.48. The molecule has 2 heterocycles. The Morgan fingerprint density at radius 3 is 2.95 bits per heavy atom. The molecule has 0 amide bonds. The van der Waals surface area contributed by atoms with Crippen molar-refractivity contribution in [1.82, 2.24) is 4.57 Å². The zero-order valence-electron chi connectivity index (χ0n) is 10.3. The van der Waals surface area contributed by atoms with Crippen LogP contribution in [0.4, 0.5) is 0 Å². The highest BCUT2D eigenvalue weighted by molar-refractivity contribution is 7.22. The smallest absolute Gasteiger partial charge is 0.355 e. The minimum absolute atomic E-state index is 0.317. The summed E-state index contributed by atoms with van der Waals surface area (Å²) in [7, 11) is 0. The van der Waals surface area contributed by atoms with Crippen LogP contribution in [0.15, 0.2) is 12.1 Å². The van der Waals surface area contributed by atoms with E-state index in [9.17, 15) is 10.1 Å². The molecular formula is C13H11ClN2O2S. The fourth-order valence-corrected chi connectivity index (χ4v) is 3.44. The molecule has 2 aromatic heterocycles. The fourth-order valence-electron chi connectivity index (χ4n) is 2.28. The van der Waals surface area contributed by atoms with Crippen LogP contribution in [0, 0.1) is 11.3 Å². The molecule has 1 aliphatic carbocycles. The van der Waals surface area contributed by atoms with Gasteiger partial charge in [0.25, 0.3) is 0 Å². The van der Waals surface area contributed by atoms with Gasteiger partial charge >= 0.3 is 5.97 Å². The van der Waals surface area contributed by atoms with Crippen LogP contribution >= 0.6 is 22.9 Å². The van der Waals surface area contributed by atoms with Gasteiger partial charge in [-0.2, -0.15) is 5.26 Å². The Kier molecular flexibility index (Phi) is 2.80. The Morgan fingerprint density at radius 2 is 2.37 bits per heavy atom. The van der Waals surface area contributed by atoms with Crippen LogP contribution in [0.3, 0.4) is 0 Å². The number of aromatic nitrogens is 1. The van der Waals surface area contributed by atoms with Crippen LogP contribution in [0.5, 0.6) is 0 Å². The second-order valence-corrected chi connectivity index (χ2v) is 6.24. The molecule has 19 heavy (non-hydrogen) atoms. The first-order valence-electron chi connectivity index (χ1n) is 6.01. The third-order valence-corrected chi connectivity index (χ3v) is 4.50. The number of halogens is 1. The van der Waals surface area contributed by atoms with Gasteiger partial charge in [0, 0.05) is 0 Å². The van der Waals surface area contributed by atoms with E-state index in [1.807, 2.05) is 6.07 Å². The first-order valence-corrected chi connectivity index (χ1v) is 7.20. The summed E-state index contributed by atoms with van der Waals surface area (Å²) in [5.41, 5.74) is 0.685. The number of thiophene rings is 1. The van der Waals surface area contributed by atoms with Crippen molar-refractivity contribution in [2.75, 3.05) is 6.61 Å². The number of nitrogens with zero attached hydrogens (tertiary/aromatic N) is 2. The standard InChI is InChI=1S/C13H11ClN2O2S/c1-2-18-12(17)9-5-10-8(6-11(14)19-10)16(9)13(7-15)3-4-13/h5-6H,2-4H2,1H3. The molecule has 1 saturated carbocycles. The van der Waals surface area contributed by atoms with Gasteiger partial charge < -0.3 is 9.30 Å². The van der Waals surface area contributed by atoms with Crippen molar-refractivity contribution >= 4 is 39.1 Å². The summed E-state index contributed by atoms with van der Waals surface area (Å²) in [6.45, 7) is 2.08. The van der Waals surface area contributed by atoms with E-state index in [0.29, 0.717) is 16.6 Å². The van der Waals surface area contributed by atoms with E-state index in [1.54, 1.807) is 17.6 Å². The highest BCUT2D eigenvalue weighted by atomic mass is 35.5. The monoisotopic (exact) mass is 294 g/mol.